The van der Waals surface area contributed by atoms with E-state index in [2.05, 4.69) is 11.1 Å². The van der Waals surface area contributed by atoms with Gasteiger partial charge in [-0.15, -0.1) is 0 Å². The fraction of sp³-hybridized carbons (Fsp3) is 1.00. The van der Waals surface area contributed by atoms with Crippen molar-refractivity contribution in [2.24, 2.45) is 0 Å². The summed E-state index contributed by atoms with van der Waals surface area (Å²) in [7, 11) is -4.51. The molecule has 0 N–H and O–H groups in total. The minimum Gasteiger partial charge on any atom is -0.726 e. The maximum Gasteiger partial charge on any atom is 1.00 e. The zero-order valence-electron chi connectivity index (χ0n) is 33.0. The molecule has 0 atom stereocenters. The first kappa shape index (κ1) is 51.0. The van der Waals surface area contributed by atoms with E-state index in [-0.39, 0.29) is 36.2 Å². The average molecular weight is 709 g/mol. The molecule has 0 radical (unpaired) electrons. The third-order valence-electron chi connectivity index (χ3n) is 10.2. The molecule has 0 saturated heterocycles. The maximum absolute atomic E-state index is 10.3. The Kier molecular flexibility index (Phi) is 46.8. The molecule has 0 aromatic rings. The van der Waals surface area contributed by atoms with E-state index >= 15 is 0 Å². The van der Waals surface area contributed by atoms with Gasteiger partial charge < -0.3 is 4.55 Å². The Hall–Kier alpha value is 0.870. The Morgan fingerprint density at radius 1 is 0.312 bits per heavy atom. The molecule has 4 nitrogen and oxygen atoms in total. The van der Waals surface area contributed by atoms with Crippen LogP contribution >= 0.6 is 0 Å². The Balaban J connectivity index is 0. The van der Waals surface area contributed by atoms with Crippen molar-refractivity contribution in [3.8, 4) is 0 Å². The smallest absolute Gasteiger partial charge is 0.726 e. The van der Waals surface area contributed by atoms with Crippen molar-refractivity contribution in [1.82, 2.24) is 0 Å². The van der Waals surface area contributed by atoms with E-state index in [1.54, 1.807) is 0 Å². The molecule has 0 spiro atoms. The molecule has 0 bridgehead atoms. The van der Waals surface area contributed by atoms with Gasteiger partial charge in [-0.3, -0.25) is 4.18 Å². The van der Waals surface area contributed by atoms with Gasteiger partial charge in [0.05, 0.1) is 6.61 Å². The Morgan fingerprint density at radius 3 is 0.604 bits per heavy atom. The van der Waals surface area contributed by atoms with E-state index in [1.807, 2.05) is 0 Å². The second-order valence-corrected chi connectivity index (χ2v) is 16.1. The quantitative estimate of drug-likeness (QED) is 0.0274. The number of hydrogen-bond donors (Lipinski definition) is 0. The summed E-state index contributed by atoms with van der Waals surface area (Å²) in [5.74, 6) is 0. The Bertz CT molecular complexity index is 673. The average Bonchev–Trinajstić information content (AvgIpc) is 3.05. The number of hydrogen-bond acceptors (Lipinski definition) is 4. The van der Waals surface area contributed by atoms with Gasteiger partial charge in [0, 0.05) is 0 Å². The molecule has 0 aliphatic heterocycles. The van der Waals surface area contributed by atoms with Crippen molar-refractivity contribution in [3.05, 3.63) is 0 Å². The van der Waals surface area contributed by atoms with Crippen molar-refractivity contribution in [1.29, 1.82) is 0 Å². The summed E-state index contributed by atoms with van der Waals surface area (Å²) in [6.07, 6.45) is 55.8. The van der Waals surface area contributed by atoms with Crippen LogP contribution in [0.15, 0.2) is 0 Å². The van der Waals surface area contributed by atoms with E-state index in [0.29, 0.717) is 6.42 Å². The van der Waals surface area contributed by atoms with E-state index in [0.717, 1.165) is 12.8 Å². The molecule has 284 valence electrons. The van der Waals surface area contributed by atoms with Crippen molar-refractivity contribution in [2.45, 2.75) is 264 Å². The number of unbranched alkanes of at least 4 members (excludes halogenated alkanes) is 39. The summed E-state index contributed by atoms with van der Waals surface area (Å²) in [6.45, 7) is 2.34. The monoisotopic (exact) mass is 709 g/mol. The molecule has 0 aromatic carbocycles. The van der Waals surface area contributed by atoms with E-state index in [1.165, 1.54) is 238 Å². The van der Waals surface area contributed by atoms with E-state index < -0.39 is 10.4 Å². The summed E-state index contributed by atoms with van der Waals surface area (Å²) in [4.78, 5) is 0. The molecular weight excluding hydrogens is 624 g/mol. The van der Waals surface area contributed by atoms with Gasteiger partial charge in [-0.05, 0) is 6.42 Å². The molecule has 0 aromatic heterocycles. The van der Waals surface area contributed by atoms with Gasteiger partial charge in [-0.1, -0.05) is 257 Å². The van der Waals surface area contributed by atoms with Gasteiger partial charge in [-0.25, -0.2) is 8.42 Å². The van der Waals surface area contributed by atoms with E-state index in [4.69, 9.17) is 0 Å². The van der Waals surface area contributed by atoms with Gasteiger partial charge in [-0.2, -0.15) is 0 Å². The zero-order chi connectivity index (χ0) is 34.2. The summed E-state index contributed by atoms with van der Waals surface area (Å²) < 4.78 is 35.3. The molecule has 0 rings (SSSR count). The van der Waals surface area contributed by atoms with Crippen LogP contribution in [0.25, 0.3) is 0 Å². The molecule has 0 unspecified atom stereocenters. The van der Waals surface area contributed by atoms with Gasteiger partial charge in [0.2, 0.25) is 10.4 Å². The SMILES string of the molecule is CCCCCCCCCCCCCCCCCCCCCCCCCCCCCCCCCCCCCCCCCCOS(=O)(=O)[O-].[Na+]. The second kappa shape index (κ2) is 44.0. The molecule has 0 fully saturated rings. The summed E-state index contributed by atoms with van der Waals surface area (Å²) >= 11 is 0. The predicted molar refractivity (Wildman–Crippen MR) is 206 cm³/mol. The molecular formula is C42H85NaO4S. The third kappa shape index (κ3) is 49.0. The van der Waals surface area contributed by atoms with Gasteiger partial charge in [0.15, 0.2) is 0 Å². The Morgan fingerprint density at radius 2 is 0.458 bits per heavy atom. The minimum absolute atomic E-state index is 0. The topological polar surface area (TPSA) is 66.4 Å². The Labute approximate surface area is 325 Å². The largest absolute Gasteiger partial charge is 1.00 e. The van der Waals surface area contributed by atoms with Crippen molar-refractivity contribution in [3.63, 3.8) is 0 Å². The van der Waals surface area contributed by atoms with Crippen LogP contribution in [-0.2, 0) is 14.6 Å². The molecule has 0 aliphatic rings. The molecule has 0 saturated carbocycles. The van der Waals surface area contributed by atoms with E-state index in [9.17, 15) is 13.0 Å². The fourth-order valence-corrected chi connectivity index (χ4v) is 7.38. The first-order chi connectivity index (χ1) is 23.1. The molecule has 48 heavy (non-hydrogen) atoms. The third-order valence-corrected chi connectivity index (χ3v) is 10.7. The standard InChI is InChI=1S/C42H86O4S.Na/c1-2-3-4-5-6-7-8-9-10-11-12-13-14-15-16-17-18-19-20-21-22-23-24-25-26-27-28-29-30-31-32-33-34-35-36-37-38-39-40-41-42-46-47(43,44)45;/h2-42H2,1H3,(H,43,44,45);/q;+1/p-1. The van der Waals surface area contributed by atoms with Crippen LogP contribution in [0.4, 0.5) is 0 Å². The normalized spacial score (nSPS) is 11.7. The van der Waals surface area contributed by atoms with Gasteiger partial charge >= 0.3 is 29.6 Å². The zero-order valence-corrected chi connectivity index (χ0v) is 35.8. The van der Waals surface area contributed by atoms with Crippen molar-refractivity contribution >= 4 is 10.4 Å². The predicted octanol–water partition coefficient (Wildman–Crippen LogP) is 12.1. The first-order valence-electron chi connectivity index (χ1n) is 21.7. The molecule has 0 heterocycles. The molecule has 0 aliphatic carbocycles. The first-order valence-corrected chi connectivity index (χ1v) is 23.0. The van der Waals surface area contributed by atoms with Gasteiger partial charge in [0.1, 0.15) is 0 Å². The summed E-state index contributed by atoms with van der Waals surface area (Å²) in [5, 5.41) is 0. The van der Waals surface area contributed by atoms with Crippen LogP contribution in [-0.4, -0.2) is 19.6 Å². The summed E-state index contributed by atoms with van der Waals surface area (Å²) in [6, 6.07) is 0. The minimum atomic E-state index is -4.51. The van der Waals surface area contributed by atoms with Crippen LogP contribution in [0.5, 0.6) is 0 Å². The molecule has 0 amide bonds. The fourth-order valence-electron chi connectivity index (χ4n) is 7.05. The van der Waals surface area contributed by atoms with Crippen LogP contribution in [0.2, 0.25) is 0 Å². The summed E-state index contributed by atoms with van der Waals surface area (Å²) in [5.41, 5.74) is 0. The van der Waals surface area contributed by atoms with Crippen molar-refractivity contribution < 1.29 is 46.7 Å². The van der Waals surface area contributed by atoms with Crippen LogP contribution in [0.1, 0.15) is 264 Å². The second-order valence-electron chi connectivity index (χ2n) is 15.0. The van der Waals surface area contributed by atoms with Gasteiger partial charge in [0.25, 0.3) is 0 Å². The van der Waals surface area contributed by atoms with Crippen molar-refractivity contribution in [2.75, 3.05) is 6.61 Å². The van der Waals surface area contributed by atoms with Crippen LogP contribution in [0.3, 0.4) is 0 Å². The maximum atomic E-state index is 10.3. The van der Waals surface area contributed by atoms with Crippen LogP contribution < -0.4 is 29.6 Å². The molecule has 6 heteroatoms. The number of rotatable bonds is 42. The van der Waals surface area contributed by atoms with Crippen LogP contribution in [0, 0.1) is 0 Å².